The summed E-state index contributed by atoms with van der Waals surface area (Å²) in [5.41, 5.74) is 4.42. The highest BCUT2D eigenvalue weighted by Crippen LogP contribution is 2.48. The maximum atomic E-state index is 13.1. The van der Waals surface area contributed by atoms with E-state index in [1.54, 1.807) is 16.5 Å². The maximum absolute atomic E-state index is 13.1. The first-order valence-electron chi connectivity index (χ1n) is 15.3. The largest absolute Gasteiger partial charge is 0.465 e. The van der Waals surface area contributed by atoms with Crippen molar-refractivity contribution in [2.24, 2.45) is 17.9 Å². The average molecular weight is 588 g/mol. The topological polar surface area (TPSA) is 117 Å². The van der Waals surface area contributed by atoms with E-state index < -0.39 is 18.0 Å². The zero-order valence-corrected chi connectivity index (χ0v) is 25.4. The van der Waals surface area contributed by atoms with Crippen LogP contribution in [0.5, 0.6) is 0 Å². The minimum absolute atomic E-state index is 0.0299. The Hall–Kier alpha value is -4.08. The SMILES string of the molecule is Cn1c(=O)n(C2CCC(=O)NC2=O)c2ccc(-c3ccc(N4CCC5(CC4)CCN(C(=O)O)C(C(C)(C)C)C5)cc3)cc21. The molecule has 1 spiro atoms. The second-order valence-electron chi connectivity index (χ2n) is 13.7. The van der Waals surface area contributed by atoms with Gasteiger partial charge in [0.2, 0.25) is 11.8 Å². The molecule has 2 aromatic carbocycles. The molecule has 3 saturated heterocycles. The molecular weight excluding hydrogens is 546 g/mol. The lowest BCUT2D eigenvalue weighted by Crippen LogP contribution is -2.56. The van der Waals surface area contributed by atoms with Crippen molar-refractivity contribution in [3.05, 3.63) is 52.9 Å². The van der Waals surface area contributed by atoms with Gasteiger partial charge in [0, 0.05) is 44.8 Å². The predicted octanol–water partition coefficient (Wildman–Crippen LogP) is 4.76. The molecular formula is C33H41N5O5. The second-order valence-corrected chi connectivity index (χ2v) is 13.7. The van der Waals surface area contributed by atoms with Crippen LogP contribution >= 0.6 is 0 Å². The molecule has 3 aliphatic heterocycles. The molecule has 3 amide bonds. The first-order valence-corrected chi connectivity index (χ1v) is 15.3. The lowest BCUT2D eigenvalue weighted by molar-refractivity contribution is -0.135. The van der Waals surface area contributed by atoms with Gasteiger partial charge in [0.05, 0.1) is 11.0 Å². The van der Waals surface area contributed by atoms with Crippen LogP contribution in [-0.4, -0.2) is 62.7 Å². The third kappa shape index (κ3) is 5.21. The predicted molar refractivity (Wildman–Crippen MR) is 165 cm³/mol. The number of rotatable bonds is 3. The molecule has 3 aliphatic rings. The number of carbonyl (C=O) groups excluding carboxylic acids is 2. The van der Waals surface area contributed by atoms with Crippen molar-refractivity contribution in [3.8, 4) is 11.1 Å². The molecule has 1 aromatic heterocycles. The van der Waals surface area contributed by atoms with Gasteiger partial charge in [-0.3, -0.25) is 24.0 Å². The normalized spacial score (nSPS) is 22.7. The number of nitrogens with zero attached hydrogens (tertiary/aromatic N) is 4. The summed E-state index contributed by atoms with van der Waals surface area (Å²) in [5.74, 6) is -0.742. The van der Waals surface area contributed by atoms with Crippen molar-refractivity contribution in [2.45, 2.75) is 71.4 Å². The summed E-state index contributed by atoms with van der Waals surface area (Å²) in [6, 6.07) is 13.7. The van der Waals surface area contributed by atoms with Gasteiger partial charge in [-0.25, -0.2) is 9.59 Å². The Morgan fingerprint density at radius 1 is 0.930 bits per heavy atom. The summed E-state index contributed by atoms with van der Waals surface area (Å²) in [4.78, 5) is 53.3. The van der Waals surface area contributed by atoms with Crippen molar-refractivity contribution >= 4 is 34.6 Å². The van der Waals surface area contributed by atoms with Crippen LogP contribution in [0.1, 0.15) is 65.3 Å². The molecule has 2 atom stereocenters. The highest BCUT2D eigenvalue weighted by Gasteiger charge is 2.46. The molecule has 3 aromatic rings. The van der Waals surface area contributed by atoms with E-state index >= 15 is 0 Å². The monoisotopic (exact) mass is 587 g/mol. The minimum Gasteiger partial charge on any atom is -0.465 e. The minimum atomic E-state index is -0.805. The van der Waals surface area contributed by atoms with Crippen molar-refractivity contribution in [3.63, 3.8) is 0 Å². The Morgan fingerprint density at radius 3 is 2.21 bits per heavy atom. The molecule has 6 rings (SSSR count). The van der Waals surface area contributed by atoms with Crippen molar-refractivity contribution in [1.82, 2.24) is 19.4 Å². The van der Waals surface area contributed by atoms with Gasteiger partial charge in [-0.1, -0.05) is 39.0 Å². The van der Waals surface area contributed by atoms with Crippen LogP contribution in [0.15, 0.2) is 47.3 Å². The number of hydrogen-bond acceptors (Lipinski definition) is 5. The number of benzene rings is 2. The Labute approximate surface area is 251 Å². The summed E-state index contributed by atoms with van der Waals surface area (Å²) >= 11 is 0. The highest BCUT2D eigenvalue weighted by molar-refractivity contribution is 6.00. The van der Waals surface area contributed by atoms with E-state index in [1.807, 2.05) is 18.2 Å². The fraction of sp³-hybridized carbons (Fsp3) is 0.515. The second kappa shape index (κ2) is 10.6. The number of likely N-dealkylation sites (tertiary alicyclic amines) is 1. The number of hydrogen-bond donors (Lipinski definition) is 2. The number of amides is 3. The first-order chi connectivity index (χ1) is 20.4. The Bertz CT molecular complexity index is 1640. The number of carbonyl (C=O) groups is 3. The molecule has 10 heteroatoms. The molecule has 0 bridgehead atoms. The Balaban J connectivity index is 1.17. The maximum Gasteiger partial charge on any atom is 0.407 e. The molecule has 43 heavy (non-hydrogen) atoms. The van der Waals surface area contributed by atoms with Crippen LogP contribution in [0.4, 0.5) is 10.5 Å². The molecule has 0 radical (unpaired) electrons. The van der Waals surface area contributed by atoms with Crippen LogP contribution in [0.3, 0.4) is 0 Å². The molecule has 2 N–H and O–H groups in total. The van der Waals surface area contributed by atoms with Crippen LogP contribution in [-0.2, 0) is 16.6 Å². The number of anilines is 1. The number of piperidine rings is 3. The van der Waals surface area contributed by atoms with Crippen LogP contribution in [0.2, 0.25) is 0 Å². The summed E-state index contributed by atoms with van der Waals surface area (Å²) in [6.07, 6.45) is 3.68. The van der Waals surface area contributed by atoms with Crippen LogP contribution in [0, 0.1) is 10.8 Å². The number of aromatic nitrogens is 2. The van der Waals surface area contributed by atoms with Gasteiger partial charge in [-0.2, -0.15) is 0 Å². The zero-order chi connectivity index (χ0) is 30.7. The molecule has 2 unspecified atom stereocenters. The van der Waals surface area contributed by atoms with Crippen molar-refractivity contribution < 1.29 is 19.5 Å². The number of fused-ring (bicyclic) bond motifs is 1. The van der Waals surface area contributed by atoms with E-state index in [9.17, 15) is 24.3 Å². The number of imide groups is 1. The molecule has 3 fully saturated rings. The summed E-state index contributed by atoms with van der Waals surface area (Å²) in [6.45, 7) is 8.95. The summed E-state index contributed by atoms with van der Waals surface area (Å²) < 4.78 is 3.06. The quantitative estimate of drug-likeness (QED) is 0.427. The van der Waals surface area contributed by atoms with Gasteiger partial charge in [-0.05, 0) is 78.3 Å². The number of imidazole rings is 1. The van der Waals surface area contributed by atoms with Gasteiger partial charge in [0.15, 0.2) is 0 Å². The van der Waals surface area contributed by atoms with Crippen molar-refractivity contribution in [1.29, 1.82) is 0 Å². The smallest absolute Gasteiger partial charge is 0.407 e. The van der Waals surface area contributed by atoms with E-state index in [1.165, 1.54) is 10.3 Å². The van der Waals surface area contributed by atoms with Gasteiger partial charge in [0.1, 0.15) is 6.04 Å². The standard InChI is InChI=1S/C33H41N5O5/c1-32(2,3)27-20-33(15-18-37(27)31(42)43)13-16-36(17-14-33)23-8-5-21(6-9-23)22-7-10-24-26(19-22)35(4)30(41)38(24)25-11-12-28(39)34-29(25)40/h5-10,19,25,27H,11-18,20H2,1-4H3,(H,42,43)(H,34,39,40). The van der Waals surface area contributed by atoms with Gasteiger partial charge in [0.25, 0.3) is 0 Å². The number of aryl methyl sites for hydroxylation is 1. The number of nitrogens with one attached hydrogen (secondary N) is 1. The number of carboxylic acid groups (broad SMARTS) is 1. The first kappa shape index (κ1) is 29.0. The van der Waals surface area contributed by atoms with Crippen LogP contribution in [0.25, 0.3) is 22.2 Å². The molecule has 0 saturated carbocycles. The fourth-order valence-corrected chi connectivity index (χ4v) is 7.47. The highest BCUT2D eigenvalue weighted by atomic mass is 16.4. The fourth-order valence-electron chi connectivity index (χ4n) is 7.47. The lowest BCUT2D eigenvalue weighted by Gasteiger charge is -2.53. The molecule has 228 valence electrons. The van der Waals surface area contributed by atoms with Crippen LogP contribution < -0.4 is 15.9 Å². The zero-order valence-electron chi connectivity index (χ0n) is 25.4. The third-order valence-corrected chi connectivity index (χ3v) is 10.1. The van der Waals surface area contributed by atoms with Gasteiger partial charge in [-0.15, -0.1) is 0 Å². The molecule has 4 heterocycles. The van der Waals surface area contributed by atoms with E-state index in [2.05, 4.69) is 55.3 Å². The summed E-state index contributed by atoms with van der Waals surface area (Å²) in [7, 11) is 1.71. The summed E-state index contributed by atoms with van der Waals surface area (Å²) in [5, 5.41) is 12.1. The Morgan fingerprint density at radius 2 is 1.58 bits per heavy atom. The van der Waals surface area contributed by atoms with Gasteiger partial charge < -0.3 is 14.9 Å². The van der Waals surface area contributed by atoms with Crippen molar-refractivity contribution in [2.75, 3.05) is 24.5 Å². The van der Waals surface area contributed by atoms with Gasteiger partial charge >= 0.3 is 11.8 Å². The van der Waals surface area contributed by atoms with E-state index in [-0.39, 0.29) is 34.9 Å². The lowest BCUT2D eigenvalue weighted by atomic mass is 9.64. The molecule has 0 aliphatic carbocycles. The van der Waals surface area contributed by atoms with E-state index in [0.29, 0.717) is 18.5 Å². The average Bonchev–Trinajstić information content (AvgIpc) is 3.22. The molecule has 10 nitrogen and oxygen atoms in total. The third-order valence-electron chi connectivity index (χ3n) is 10.1. The van der Waals surface area contributed by atoms with E-state index in [0.717, 1.165) is 55.4 Å². The Kier molecular flexibility index (Phi) is 7.13. The van der Waals surface area contributed by atoms with E-state index in [4.69, 9.17) is 0 Å².